The van der Waals surface area contributed by atoms with Gasteiger partial charge in [0, 0.05) is 37.0 Å². The zero-order valence-corrected chi connectivity index (χ0v) is 24.0. The molecular formula is C31H31N3O4S2. The first kappa shape index (κ1) is 26.7. The van der Waals surface area contributed by atoms with E-state index in [9.17, 15) is 14.4 Å². The van der Waals surface area contributed by atoms with E-state index in [1.54, 1.807) is 34.4 Å². The monoisotopic (exact) mass is 573 g/mol. The number of nitrogens with one attached hydrogen (secondary N) is 1. The third-order valence-electron chi connectivity index (χ3n) is 7.95. The quantitative estimate of drug-likeness (QED) is 0.317. The number of furan rings is 1. The van der Waals surface area contributed by atoms with Gasteiger partial charge in [0.05, 0.1) is 16.8 Å². The number of piperazine rings is 1. The Labute approximate surface area is 241 Å². The molecule has 2 fully saturated rings. The molecule has 0 spiro atoms. The van der Waals surface area contributed by atoms with Crippen LogP contribution in [0.5, 0.6) is 0 Å². The number of rotatable bonds is 6. The molecule has 6 rings (SSSR count). The zero-order chi connectivity index (χ0) is 27.8. The first-order valence-electron chi connectivity index (χ1n) is 13.5. The zero-order valence-electron chi connectivity index (χ0n) is 22.4. The van der Waals surface area contributed by atoms with Gasteiger partial charge in [-0.1, -0.05) is 36.4 Å². The molecule has 0 saturated carbocycles. The molecule has 0 radical (unpaired) electrons. The fourth-order valence-corrected chi connectivity index (χ4v) is 7.90. The number of thiophene rings is 2. The minimum atomic E-state index is -0.847. The van der Waals surface area contributed by atoms with Crippen molar-refractivity contribution in [1.82, 2.24) is 15.1 Å². The summed E-state index contributed by atoms with van der Waals surface area (Å²) in [4.78, 5) is 48.5. The molecule has 1 aromatic carbocycles. The van der Waals surface area contributed by atoms with Crippen molar-refractivity contribution < 1.29 is 18.8 Å². The Balaban J connectivity index is 1.59. The Hall–Kier alpha value is -3.53. The molecule has 40 heavy (non-hydrogen) atoms. The Bertz CT molecular complexity index is 1500. The van der Waals surface area contributed by atoms with E-state index in [4.69, 9.17) is 4.42 Å². The maximum Gasteiger partial charge on any atom is 0.265 e. The predicted molar refractivity (Wildman–Crippen MR) is 156 cm³/mol. The van der Waals surface area contributed by atoms with Crippen molar-refractivity contribution in [3.8, 4) is 0 Å². The van der Waals surface area contributed by atoms with E-state index >= 15 is 0 Å². The number of ketones is 1. The Kier molecular flexibility index (Phi) is 7.44. The topological polar surface area (TPSA) is 82.9 Å². The summed E-state index contributed by atoms with van der Waals surface area (Å²) in [6.45, 7) is 6.31. The summed E-state index contributed by atoms with van der Waals surface area (Å²) in [6, 6.07) is 17.3. The third-order valence-corrected chi connectivity index (χ3v) is 9.92. The summed E-state index contributed by atoms with van der Waals surface area (Å²) in [7, 11) is 0. The molecule has 4 atom stereocenters. The number of Topliss-reactive ketones (excluding diaryl/α,β-unsaturated/α-hetero) is 1. The van der Waals surface area contributed by atoms with E-state index < -0.39 is 23.9 Å². The fourth-order valence-electron chi connectivity index (χ4n) is 6.13. The maximum absolute atomic E-state index is 14.6. The molecule has 2 amide bonds. The summed E-state index contributed by atoms with van der Waals surface area (Å²) >= 11 is 2.89. The van der Waals surface area contributed by atoms with Crippen molar-refractivity contribution >= 4 is 40.3 Å². The summed E-state index contributed by atoms with van der Waals surface area (Å²) in [6.07, 6.45) is 0. The van der Waals surface area contributed by atoms with Crippen molar-refractivity contribution in [3.63, 3.8) is 0 Å². The SMILES string of the molecule is Cc1ccc(C(=O)C2C(c3sccc3C)C(C(=O)N3CCNCC3)N(C(=O)c3cccs3)C2c2ccccc2)o1. The van der Waals surface area contributed by atoms with Crippen LogP contribution in [-0.4, -0.2) is 59.6 Å². The normalized spacial score (nSPS) is 22.9. The molecule has 2 saturated heterocycles. The summed E-state index contributed by atoms with van der Waals surface area (Å²) in [5.74, 6) is -0.902. The van der Waals surface area contributed by atoms with E-state index in [2.05, 4.69) is 5.32 Å². The van der Waals surface area contributed by atoms with Gasteiger partial charge in [0.25, 0.3) is 5.91 Å². The highest BCUT2D eigenvalue weighted by molar-refractivity contribution is 7.12. The van der Waals surface area contributed by atoms with Gasteiger partial charge in [0.15, 0.2) is 5.76 Å². The molecule has 4 aromatic rings. The molecule has 0 aliphatic carbocycles. The van der Waals surface area contributed by atoms with Crippen molar-refractivity contribution in [2.24, 2.45) is 5.92 Å². The van der Waals surface area contributed by atoms with Gasteiger partial charge >= 0.3 is 0 Å². The summed E-state index contributed by atoms with van der Waals surface area (Å²) in [5, 5.41) is 7.17. The number of likely N-dealkylation sites (tertiary alicyclic amines) is 1. The summed E-state index contributed by atoms with van der Waals surface area (Å²) < 4.78 is 5.87. The Morgan fingerprint density at radius 2 is 1.68 bits per heavy atom. The van der Waals surface area contributed by atoms with Crippen LogP contribution in [-0.2, 0) is 4.79 Å². The molecule has 7 nitrogen and oxygen atoms in total. The van der Waals surface area contributed by atoms with Crippen LogP contribution in [0, 0.1) is 19.8 Å². The van der Waals surface area contributed by atoms with Gasteiger partial charge in [0.2, 0.25) is 11.7 Å². The van der Waals surface area contributed by atoms with Crippen LogP contribution < -0.4 is 5.32 Å². The smallest absolute Gasteiger partial charge is 0.265 e. The fraction of sp³-hybridized carbons (Fsp3) is 0.323. The predicted octanol–water partition coefficient (Wildman–Crippen LogP) is 5.30. The molecule has 3 aromatic heterocycles. The van der Waals surface area contributed by atoms with Crippen molar-refractivity contribution in [2.75, 3.05) is 26.2 Å². The standard InChI is InChI=1S/C31H31N3O4S2/c1-19-12-18-40-29(19)25-24(28(35)22-11-10-20(2)38-22)26(21-7-4-3-5-8-21)34(30(36)23-9-6-17-39-23)27(25)31(37)33-15-13-32-14-16-33/h3-12,17-18,24-27,32H,13-16H2,1-2H3. The van der Waals surface area contributed by atoms with E-state index in [0.29, 0.717) is 36.8 Å². The largest absolute Gasteiger partial charge is 0.458 e. The van der Waals surface area contributed by atoms with Crippen LogP contribution in [0.1, 0.15) is 54.0 Å². The number of hydrogen-bond acceptors (Lipinski definition) is 7. The maximum atomic E-state index is 14.6. The van der Waals surface area contributed by atoms with Gasteiger partial charge in [0.1, 0.15) is 11.8 Å². The van der Waals surface area contributed by atoms with Crippen LogP contribution in [0.4, 0.5) is 0 Å². The number of hydrogen-bond donors (Lipinski definition) is 1. The molecule has 0 bridgehead atoms. The van der Waals surface area contributed by atoms with Crippen LogP contribution in [0.15, 0.2) is 75.8 Å². The number of benzene rings is 1. The average Bonchev–Trinajstić information content (AvgIpc) is 3.79. The highest BCUT2D eigenvalue weighted by Crippen LogP contribution is 2.54. The van der Waals surface area contributed by atoms with Gasteiger partial charge in [-0.15, -0.1) is 22.7 Å². The average molecular weight is 574 g/mol. The lowest BCUT2D eigenvalue weighted by atomic mass is 9.79. The molecule has 9 heteroatoms. The van der Waals surface area contributed by atoms with Gasteiger partial charge < -0.3 is 19.5 Å². The number of aryl methyl sites for hydroxylation is 2. The molecule has 206 valence electrons. The van der Waals surface area contributed by atoms with E-state index in [-0.39, 0.29) is 23.4 Å². The lowest BCUT2D eigenvalue weighted by molar-refractivity contribution is -0.136. The first-order chi connectivity index (χ1) is 19.5. The lowest BCUT2D eigenvalue weighted by Gasteiger charge is -2.36. The van der Waals surface area contributed by atoms with Crippen LogP contribution in [0.25, 0.3) is 0 Å². The second-order valence-corrected chi connectivity index (χ2v) is 12.3. The Morgan fingerprint density at radius 1 is 0.900 bits per heavy atom. The minimum absolute atomic E-state index is 0.115. The molecule has 2 aliphatic rings. The number of carbonyl (C=O) groups is 3. The molecule has 5 heterocycles. The lowest BCUT2D eigenvalue weighted by Crippen LogP contribution is -2.54. The van der Waals surface area contributed by atoms with Gasteiger partial charge in [-0.3, -0.25) is 14.4 Å². The highest BCUT2D eigenvalue weighted by Gasteiger charge is 2.59. The molecule has 4 unspecified atom stereocenters. The van der Waals surface area contributed by atoms with Crippen molar-refractivity contribution in [3.05, 3.63) is 104 Å². The van der Waals surface area contributed by atoms with E-state index in [1.165, 1.54) is 11.3 Å². The van der Waals surface area contributed by atoms with E-state index in [0.717, 1.165) is 16.0 Å². The van der Waals surface area contributed by atoms with Crippen LogP contribution in [0.2, 0.25) is 0 Å². The number of carbonyl (C=O) groups excluding carboxylic acids is 3. The molecule has 1 N–H and O–H groups in total. The molecular weight excluding hydrogens is 542 g/mol. The number of amides is 2. The van der Waals surface area contributed by atoms with E-state index in [1.807, 2.05) is 72.0 Å². The van der Waals surface area contributed by atoms with Gasteiger partial charge in [-0.2, -0.15) is 0 Å². The van der Waals surface area contributed by atoms with Crippen molar-refractivity contribution in [1.29, 1.82) is 0 Å². The minimum Gasteiger partial charge on any atom is -0.458 e. The summed E-state index contributed by atoms with van der Waals surface area (Å²) in [5.41, 5.74) is 1.84. The number of nitrogens with zero attached hydrogens (tertiary/aromatic N) is 2. The van der Waals surface area contributed by atoms with Gasteiger partial charge in [-0.05, 0) is 60.0 Å². The second-order valence-electron chi connectivity index (χ2n) is 10.4. The molecule has 2 aliphatic heterocycles. The second kappa shape index (κ2) is 11.2. The van der Waals surface area contributed by atoms with Crippen molar-refractivity contribution in [2.45, 2.75) is 31.8 Å². The van der Waals surface area contributed by atoms with Gasteiger partial charge in [-0.25, -0.2) is 0 Å². The first-order valence-corrected chi connectivity index (χ1v) is 15.3. The van der Waals surface area contributed by atoms with Crippen LogP contribution in [0.3, 0.4) is 0 Å². The Morgan fingerprint density at radius 3 is 2.30 bits per heavy atom. The highest BCUT2D eigenvalue weighted by atomic mass is 32.1. The third kappa shape index (κ3) is 4.72. The van der Waals surface area contributed by atoms with Crippen LogP contribution >= 0.6 is 22.7 Å².